The molecule has 3 aliphatic heterocycles. The number of allylic oxidation sites excluding steroid dienone is 2. The SMILES string of the molecule is CC1(C)c2ccccc2N(c2ccc(N3c4ccccc4N(c4ccc(N5C6=C(CC=C6)N(c6ccccc6)c6ccccc65)cc4)c4ccccc43)cc2)c2ccccc21. The molecule has 0 saturated carbocycles. The first-order chi connectivity index (χ1) is 30.1. The fraction of sp³-hybridized carbons (Fsp3) is 0.0714. The van der Waals surface area contributed by atoms with Crippen LogP contribution < -0.4 is 24.5 Å². The first-order valence-corrected chi connectivity index (χ1v) is 21.2. The van der Waals surface area contributed by atoms with Crippen molar-refractivity contribution in [2.75, 3.05) is 24.5 Å². The maximum Gasteiger partial charge on any atom is 0.0703 e. The van der Waals surface area contributed by atoms with Crippen molar-refractivity contribution in [3.8, 4) is 0 Å². The minimum atomic E-state index is -0.102. The molecule has 8 aromatic rings. The van der Waals surface area contributed by atoms with Gasteiger partial charge in [-0.15, -0.1) is 0 Å². The summed E-state index contributed by atoms with van der Waals surface area (Å²) in [5.74, 6) is 0. The monoisotopic (exact) mass is 785 g/mol. The fourth-order valence-electron chi connectivity index (χ4n) is 10.1. The summed E-state index contributed by atoms with van der Waals surface area (Å²) in [6.45, 7) is 4.67. The van der Waals surface area contributed by atoms with Crippen LogP contribution in [-0.2, 0) is 5.41 Å². The Hall–Kier alpha value is -7.76. The van der Waals surface area contributed by atoms with Crippen molar-refractivity contribution in [2.45, 2.75) is 25.7 Å². The Labute approximate surface area is 357 Å². The molecular weight excluding hydrogens is 743 g/mol. The summed E-state index contributed by atoms with van der Waals surface area (Å²) in [6.07, 6.45) is 5.44. The minimum Gasteiger partial charge on any atom is -0.310 e. The molecule has 0 spiro atoms. The molecule has 292 valence electrons. The zero-order chi connectivity index (χ0) is 40.7. The van der Waals surface area contributed by atoms with E-state index in [-0.39, 0.29) is 5.41 Å². The molecule has 5 nitrogen and oxygen atoms in total. The van der Waals surface area contributed by atoms with Crippen LogP contribution in [0.25, 0.3) is 0 Å². The first kappa shape index (κ1) is 35.2. The Morgan fingerprint density at radius 3 is 1.07 bits per heavy atom. The molecule has 12 rings (SSSR count). The highest BCUT2D eigenvalue weighted by Gasteiger charge is 2.37. The van der Waals surface area contributed by atoms with Crippen molar-refractivity contribution in [1.29, 1.82) is 0 Å². The number of hydrogen-bond donors (Lipinski definition) is 0. The molecule has 61 heavy (non-hydrogen) atoms. The maximum atomic E-state index is 2.42. The van der Waals surface area contributed by atoms with Gasteiger partial charge in [-0.05, 0) is 126 Å². The van der Waals surface area contributed by atoms with Crippen LogP contribution in [0.1, 0.15) is 31.4 Å². The molecule has 0 amide bonds. The van der Waals surface area contributed by atoms with Gasteiger partial charge in [0.1, 0.15) is 0 Å². The van der Waals surface area contributed by atoms with Crippen molar-refractivity contribution in [3.05, 3.63) is 235 Å². The third-order valence-electron chi connectivity index (χ3n) is 12.9. The second-order valence-corrected chi connectivity index (χ2v) is 16.6. The van der Waals surface area contributed by atoms with Gasteiger partial charge in [0.15, 0.2) is 0 Å². The quantitative estimate of drug-likeness (QED) is 0.172. The molecular formula is C56H43N5. The van der Waals surface area contributed by atoms with Gasteiger partial charge in [-0.1, -0.05) is 111 Å². The van der Waals surface area contributed by atoms with E-state index in [1.54, 1.807) is 0 Å². The molecule has 0 aromatic heterocycles. The van der Waals surface area contributed by atoms with Gasteiger partial charge in [0.25, 0.3) is 0 Å². The van der Waals surface area contributed by atoms with Crippen LogP contribution in [0.15, 0.2) is 224 Å². The van der Waals surface area contributed by atoms with Gasteiger partial charge in [0.05, 0.1) is 56.9 Å². The van der Waals surface area contributed by atoms with Crippen LogP contribution >= 0.6 is 0 Å². The van der Waals surface area contributed by atoms with Gasteiger partial charge >= 0.3 is 0 Å². The molecule has 0 saturated heterocycles. The Kier molecular flexibility index (Phi) is 7.88. The Bertz CT molecular complexity index is 2960. The topological polar surface area (TPSA) is 16.2 Å². The highest BCUT2D eigenvalue weighted by atomic mass is 15.3. The number of nitrogens with zero attached hydrogens (tertiary/aromatic N) is 5. The summed E-state index contributed by atoms with van der Waals surface area (Å²) in [4.78, 5) is 12.1. The number of benzene rings is 8. The van der Waals surface area contributed by atoms with Crippen molar-refractivity contribution in [2.24, 2.45) is 0 Å². The summed E-state index contributed by atoms with van der Waals surface area (Å²) < 4.78 is 0. The number of para-hydroxylation sites is 9. The molecule has 0 N–H and O–H groups in total. The summed E-state index contributed by atoms with van der Waals surface area (Å²) in [7, 11) is 0. The van der Waals surface area contributed by atoms with Gasteiger partial charge in [-0.2, -0.15) is 0 Å². The summed E-state index contributed by atoms with van der Waals surface area (Å²) in [5, 5.41) is 0. The molecule has 1 aliphatic carbocycles. The summed E-state index contributed by atoms with van der Waals surface area (Å²) in [5.41, 5.74) is 20.0. The average molecular weight is 786 g/mol. The lowest BCUT2D eigenvalue weighted by molar-refractivity contribution is 0.632. The molecule has 4 aliphatic rings. The van der Waals surface area contributed by atoms with Crippen LogP contribution in [0, 0.1) is 0 Å². The van der Waals surface area contributed by atoms with Crippen LogP contribution in [0.5, 0.6) is 0 Å². The van der Waals surface area contributed by atoms with E-state index in [1.165, 1.54) is 45.3 Å². The molecule has 5 heteroatoms. The lowest BCUT2D eigenvalue weighted by Gasteiger charge is -2.42. The van der Waals surface area contributed by atoms with Crippen LogP contribution in [0.2, 0.25) is 0 Å². The molecule has 0 bridgehead atoms. The van der Waals surface area contributed by atoms with E-state index >= 15 is 0 Å². The van der Waals surface area contributed by atoms with E-state index in [2.05, 4.69) is 251 Å². The smallest absolute Gasteiger partial charge is 0.0703 e. The molecule has 0 fully saturated rings. The number of anilines is 13. The zero-order valence-electron chi connectivity index (χ0n) is 34.2. The van der Waals surface area contributed by atoms with Crippen LogP contribution in [-0.4, -0.2) is 0 Å². The van der Waals surface area contributed by atoms with Crippen LogP contribution in [0.3, 0.4) is 0 Å². The van der Waals surface area contributed by atoms with Crippen LogP contribution in [0.4, 0.5) is 73.9 Å². The first-order valence-electron chi connectivity index (χ1n) is 21.2. The summed E-state index contributed by atoms with van der Waals surface area (Å²) >= 11 is 0. The predicted octanol–water partition coefficient (Wildman–Crippen LogP) is 15.5. The Balaban J connectivity index is 0.915. The second-order valence-electron chi connectivity index (χ2n) is 16.6. The van der Waals surface area contributed by atoms with E-state index in [9.17, 15) is 0 Å². The lowest BCUT2D eigenvalue weighted by Crippen LogP contribution is -2.30. The standard InChI is InChI=1S/C56H43N5/c1-56(2)44-19-6-8-21-46(44)57(47-22-9-7-20-45(47)56)40-31-33-41(34-32-40)59-50-25-12-14-27-52(50)60(53-28-15-13-26-51(53)59)42-35-37-43(38-36-42)61-49-24-11-10-23-48(49)58(39-17-4-3-5-18-39)54-29-16-30-55(54)61/h3-28,30-38H,29H2,1-2H3. The number of hydrogen-bond acceptors (Lipinski definition) is 5. The van der Waals surface area contributed by atoms with E-state index < -0.39 is 0 Å². The van der Waals surface area contributed by atoms with Gasteiger partial charge in [-0.25, -0.2) is 0 Å². The molecule has 8 aromatic carbocycles. The van der Waals surface area contributed by atoms with Gasteiger partial charge < -0.3 is 24.5 Å². The number of rotatable bonds is 5. The van der Waals surface area contributed by atoms with E-state index in [4.69, 9.17) is 0 Å². The maximum absolute atomic E-state index is 2.42. The Morgan fingerprint density at radius 1 is 0.311 bits per heavy atom. The summed E-state index contributed by atoms with van der Waals surface area (Å²) in [6, 6.07) is 72.9. The third-order valence-corrected chi connectivity index (χ3v) is 12.9. The van der Waals surface area contributed by atoms with E-state index in [0.717, 1.165) is 57.6 Å². The molecule has 0 atom stereocenters. The minimum absolute atomic E-state index is 0.102. The average Bonchev–Trinajstić information content (AvgIpc) is 3.80. The lowest BCUT2D eigenvalue weighted by atomic mass is 9.73. The van der Waals surface area contributed by atoms with Gasteiger partial charge in [0, 0.05) is 40.3 Å². The largest absolute Gasteiger partial charge is 0.310 e. The third kappa shape index (κ3) is 5.33. The highest BCUT2D eigenvalue weighted by molar-refractivity contribution is 6.02. The second kappa shape index (κ2) is 13.7. The Morgan fingerprint density at radius 2 is 0.623 bits per heavy atom. The van der Waals surface area contributed by atoms with E-state index in [1.807, 2.05) is 0 Å². The van der Waals surface area contributed by atoms with Gasteiger partial charge in [-0.3, -0.25) is 0 Å². The molecule has 0 radical (unpaired) electrons. The highest BCUT2D eigenvalue weighted by Crippen LogP contribution is 2.56. The predicted molar refractivity (Wildman–Crippen MR) is 254 cm³/mol. The van der Waals surface area contributed by atoms with E-state index in [0.29, 0.717) is 0 Å². The van der Waals surface area contributed by atoms with Crippen molar-refractivity contribution >= 4 is 73.9 Å². The molecule has 3 heterocycles. The molecule has 0 unspecified atom stereocenters. The zero-order valence-corrected chi connectivity index (χ0v) is 34.2. The fourth-order valence-corrected chi connectivity index (χ4v) is 10.1. The number of fused-ring (bicyclic) bond motifs is 5. The van der Waals surface area contributed by atoms with Gasteiger partial charge in [0.2, 0.25) is 0 Å². The van der Waals surface area contributed by atoms with Crippen molar-refractivity contribution in [3.63, 3.8) is 0 Å². The van der Waals surface area contributed by atoms with Crippen molar-refractivity contribution < 1.29 is 0 Å². The van der Waals surface area contributed by atoms with Crippen molar-refractivity contribution in [1.82, 2.24) is 0 Å². The normalized spacial score (nSPS) is 15.5.